The van der Waals surface area contributed by atoms with Crippen LogP contribution in [0.3, 0.4) is 0 Å². The molecule has 0 amide bonds. The topological polar surface area (TPSA) is 28.2 Å². The molecule has 2 fully saturated rings. The average Bonchev–Trinajstić information content (AvgIpc) is 2.73. The fourth-order valence-electron chi connectivity index (χ4n) is 2.97. The van der Waals surface area contributed by atoms with E-state index in [-0.39, 0.29) is 0 Å². The van der Waals surface area contributed by atoms with Crippen molar-refractivity contribution in [3.63, 3.8) is 0 Å². The van der Waals surface area contributed by atoms with Gasteiger partial charge in [0.15, 0.2) is 0 Å². The number of fused-ring (bicyclic) bond motifs is 1. The molecule has 1 aromatic rings. The van der Waals surface area contributed by atoms with Gasteiger partial charge in [-0.2, -0.15) is 0 Å². The molecule has 0 bridgehead atoms. The highest BCUT2D eigenvalue weighted by Gasteiger charge is 2.36. The van der Waals surface area contributed by atoms with Crippen LogP contribution in [0.2, 0.25) is 10.0 Å². The second-order valence-electron chi connectivity index (χ2n) is 4.76. The number of hydrogen-bond donors (Lipinski definition) is 1. The van der Waals surface area contributed by atoms with Gasteiger partial charge in [0.05, 0.1) is 10.0 Å². The van der Waals surface area contributed by atoms with Gasteiger partial charge in [0.1, 0.15) is 5.82 Å². The van der Waals surface area contributed by atoms with Crippen LogP contribution < -0.4 is 10.2 Å². The first-order valence-corrected chi connectivity index (χ1v) is 6.79. The monoisotopic (exact) mass is 271 g/mol. The van der Waals surface area contributed by atoms with Gasteiger partial charge >= 0.3 is 0 Å². The van der Waals surface area contributed by atoms with Gasteiger partial charge < -0.3 is 10.2 Å². The first kappa shape index (κ1) is 11.6. The van der Waals surface area contributed by atoms with E-state index in [0.717, 1.165) is 31.4 Å². The van der Waals surface area contributed by atoms with Crippen molar-refractivity contribution in [2.24, 2.45) is 5.92 Å². The maximum Gasteiger partial charge on any atom is 0.147 e. The molecule has 92 valence electrons. The summed E-state index contributed by atoms with van der Waals surface area (Å²) >= 11 is 12.1. The summed E-state index contributed by atoms with van der Waals surface area (Å²) in [5.74, 6) is 1.63. The first-order valence-electron chi connectivity index (χ1n) is 6.04. The molecule has 17 heavy (non-hydrogen) atoms. The lowest BCUT2D eigenvalue weighted by atomic mass is 9.94. The van der Waals surface area contributed by atoms with Crippen LogP contribution in [0.15, 0.2) is 12.3 Å². The standard InChI is InChI=1S/C12H15Cl2N3/c13-9-5-10(14)12(16-7-9)17-4-2-8-6-15-3-1-11(8)17/h5,7-8,11,15H,1-4,6H2/t8-,11+/m1/s1. The van der Waals surface area contributed by atoms with Crippen LogP contribution >= 0.6 is 23.2 Å². The minimum Gasteiger partial charge on any atom is -0.352 e. The number of anilines is 1. The lowest BCUT2D eigenvalue weighted by molar-refractivity contribution is 0.360. The summed E-state index contributed by atoms with van der Waals surface area (Å²) in [4.78, 5) is 6.74. The lowest BCUT2D eigenvalue weighted by Gasteiger charge is -2.33. The highest BCUT2D eigenvalue weighted by Crippen LogP contribution is 2.36. The number of piperidine rings is 1. The quantitative estimate of drug-likeness (QED) is 0.851. The molecule has 0 unspecified atom stereocenters. The molecule has 0 aromatic carbocycles. The van der Waals surface area contributed by atoms with E-state index in [0.29, 0.717) is 16.1 Å². The molecule has 3 nitrogen and oxygen atoms in total. The number of hydrogen-bond acceptors (Lipinski definition) is 3. The largest absolute Gasteiger partial charge is 0.352 e. The van der Waals surface area contributed by atoms with E-state index in [1.807, 2.05) is 0 Å². The Morgan fingerprint density at radius 2 is 2.24 bits per heavy atom. The lowest BCUT2D eigenvalue weighted by Crippen LogP contribution is -2.44. The molecule has 2 atom stereocenters. The minimum atomic E-state index is 0.586. The van der Waals surface area contributed by atoms with Crippen LogP contribution in [-0.4, -0.2) is 30.7 Å². The Bertz CT molecular complexity index is 424. The zero-order valence-electron chi connectivity index (χ0n) is 9.50. The predicted molar refractivity (Wildman–Crippen MR) is 71.0 cm³/mol. The van der Waals surface area contributed by atoms with E-state index >= 15 is 0 Å². The normalized spacial score (nSPS) is 28.2. The van der Waals surface area contributed by atoms with E-state index in [9.17, 15) is 0 Å². The summed E-state index contributed by atoms with van der Waals surface area (Å²) < 4.78 is 0. The Labute approximate surface area is 111 Å². The molecule has 5 heteroatoms. The Morgan fingerprint density at radius 1 is 1.35 bits per heavy atom. The van der Waals surface area contributed by atoms with E-state index in [4.69, 9.17) is 23.2 Å². The van der Waals surface area contributed by atoms with Gasteiger partial charge in [0, 0.05) is 18.8 Å². The number of aromatic nitrogens is 1. The number of rotatable bonds is 1. The van der Waals surface area contributed by atoms with Crippen LogP contribution in [-0.2, 0) is 0 Å². The third-order valence-electron chi connectivity index (χ3n) is 3.77. The molecule has 0 spiro atoms. The summed E-state index contributed by atoms with van der Waals surface area (Å²) in [6.45, 7) is 3.25. The van der Waals surface area contributed by atoms with E-state index < -0.39 is 0 Å². The predicted octanol–water partition coefficient (Wildman–Crippen LogP) is 2.58. The molecule has 1 N–H and O–H groups in total. The van der Waals surface area contributed by atoms with Crippen molar-refractivity contribution in [2.45, 2.75) is 18.9 Å². The Hall–Kier alpha value is -0.510. The van der Waals surface area contributed by atoms with Gasteiger partial charge in [-0.25, -0.2) is 4.98 Å². The fraction of sp³-hybridized carbons (Fsp3) is 0.583. The molecule has 0 saturated carbocycles. The summed E-state index contributed by atoms with van der Waals surface area (Å²) in [6, 6.07) is 2.36. The molecule has 2 aliphatic heterocycles. The van der Waals surface area contributed by atoms with E-state index in [1.165, 1.54) is 12.8 Å². The summed E-state index contributed by atoms with van der Waals surface area (Å²) in [5, 5.41) is 4.71. The number of pyridine rings is 1. The summed E-state index contributed by atoms with van der Waals surface area (Å²) in [6.07, 6.45) is 4.07. The highest BCUT2D eigenvalue weighted by molar-refractivity contribution is 6.36. The fourth-order valence-corrected chi connectivity index (χ4v) is 3.45. The van der Waals surface area contributed by atoms with Crippen LogP contribution in [0.1, 0.15) is 12.8 Å². The van der Waals surface area contributed by atoms with Crippen LogP contribution in [0, 0.1) is 5.92 Å². The maximum atomic E-state index is 6.24. The molecular formula is C12H15Cl2N3. The second-order valence-corrected chi connectivity index (χ2v) is 5.60. The average molecular weight is 272 g/mol. The first-order chi connectivity index (χ1) is 8.25. The molecule has 2 saturated heterocycles. The number of nitrogens with one attached hydrogen (secondary N) is 1. The van der Waals surface area contributed by atoms with Gasteiger partial charge in [-0.05, 0) is 37.9 Å². The SMILES string of the molecule is Clc1cnc(N2CC[C@@H]3CNCC[C@@H]32)c(Cl)c1. The summed E-state index contributed by atoms with van der Waals surface area (Å²) in [5.41, 5.74) is 0. The van der Waals surface area contributed by atoms with Crippen molar-refractivity contribution >= 4 is 29.0 Å². The van der Waals surface area contributed by atoms with Crippen LogP contribution in [0.5, 0.6) is 0 Å². The van der Waals surface area contributed by atoms with E-state index in [2.05, 4.69) is 15.2 Å². The number of nitrogens with zero attached hydrogens (tertiary/aromatic N) is 2. The Kier molecular flexibility index (Phi) is 3.16. The maximum absolute atomic E-state index is 6.24. The zero-order valence-corrected chi connectivity index (χ0v) is 11.0. The van der Waals surface area contributed by atoms with Gasteiger partial charge in [-0.15, -0.1) is 0 Å². The van der Waals surface area contributed by atoms with Crippen molar-refractivity contribution in [1.29, 1.82) is 0 Å². The van der Waals surface area contributed by atoms with Crippen molar-refractivity contribution in [2.75, 3.05) is 24.5 Å². The number of halogens is 2. The Morgan fingerprint density at radius 3 is 3.06 bits per heavy atom. The van der Waals surface area contributed by atoms with Gasteiger partial charge in [0.25, 0.3) is 0 Å². The van der Waals surface area contributed by atoms with Crippen molar-refractivity contribution in [1.82, 2.24) is 10.3 Å². The van der Waals surface area contributed by atoms with Crippen molar-refractivity contribution in [3.8, 4) is 0 Å². The third-order valence-corrected chi connectivity index (χ3v) is 4.25. The van der Waals surface area contributed by atoms with Gasteiger partial charge in [-0.1, -0.05) is 23.2 Å². The van der Waals surface area contributed by atoms with Gasteiger partial charge in [0.2, 0.25) is 0 Å². The third kappa shape index (κ3) is 2.12. The van der Waals surface area contributed by atoms with Crippen LogP contribution in [0.25, 0.3) is 0 Å². The summed E-state index contributed by atoms with van der Waals surface area (Å²) in [7, 11) is 0. The van der Waals surface area contributed by atoms with Crippen molar-refractivity contribution < 1.29 is 0 Å². The molecule has 3 heterocycles. The second kappa shape index (κ2) is 4.63. The smallest absolute Gasteiger partial charge is 0.147 e. The molecule has 0 radical (unpaired) electrons. The highest BCUT2D eigenvalue weighted by atomic mass is 35.5. The van der Waals surface area contributed by atoms with Crippen molar-refractivity contribution in [3.05, 3.63) is 22.3 Å². The zero-order chi connectivity index (χ0) is 11.8. The van der Waals surface area contributed by atoms with E-state index in [1.54, 1.807) is 12.3 Å². The Balaban J connectivity index is 1.88. The molecule has 1 aromatic heterocycles. The molecule has 3 rings (SSSR count). The molecular weight excluding hydrogens is 257 g/mol. The van der Waals surface area contributed by atoms with Crippen LogP contribution in [0.4, 0.5) is 5.82 Å². The molecule has 0 aliphatic carbocycles. The molecule has 2 aliphatic rings. The van der Waals surface area contributed by atoms with Gasteiger partial charge in [-0.3, -0.25) is 0 Å². The minimum absolute atomic E-state index is 0.586.